The molecule has 7 heteroatoms. The first-order valence-electron chi connectivity index (χ1n) is 7.51. The number of hydrogen-bond donors (Lipinski definition) is 4. The molecule has 7 nitrogen and oxygen atoms in total. The number of fused-ring (bicyclic) bond motifs is 1. The molecule has 2 aromatic rings. The van der Waals surface area contributed by atoms with Gasteiger partial charge in [0.05, 0.1) is 12.2 Å². The zero-order valence-electron chi connectivity index (χ0n) is 12.6. The number of carbonyl (C=O) groups excluding carboxylic acids is 1. The van der Waals surface area contributed by atoms with Crippen LogP contribution in [0, 0.1) is 0 Å². The van der Waals surface area contributed by atoms with Crippen molar-refractivity contribution in [1.82, 2.24) is 0 Å². The lowest BCUT2D eigenvalue weighted by molar-refractivity contribution is -0.285. The maximum atomic E-state index is 12.3. The van der Waals surface area contributed by atoms with E-state index >= 15 is 0 Å². The number of ether oxygens (including phenoxy) is 2. The fourth-order valence-corrected chi connectivity index (χ4v) is 2.71. The molecule has 1 saturated heterocycles. The van der Waals surface area contributed by atoms with E-state index in [1.165, 1.54) is 0 Å². The Morgan fingerprint density at radius 2 is 1.75 bits per heavy atom. The van der Waals surface area contributed by atoms with Crippen LogP contribution in [0.2, 0.25) is 0 Å². The fraction of sp³-hybridized carbons (Fsp3) is 0.353. The van der Waals surface area contributed by atoms with Gasteiger partial charge in [0.15, 0.2) is 12.4 Å². The molecule has 0 saturated carbocycles. The van der Waals surface area contributed by atoms with Crippen LogP contribution in [0.25, 0.3) is 10.8 Å². The molecule has 0 aliphatic carbocycles. The van der Waals surface area contributed by atoms with Gasteiger partial charge in [0.1, 0.15) is 18.3 Å². The molecule has 3 rings (SSSR count). The smallest absolute Gasteiger partial charge is 0.338 e. The monoisotopic (exact) mass is 334 g/mol. The Kier molecular flexibility index (Phi) is 4.79. The Bertz CT molecular complexity index is 732. The summed E-state index contributed by atoms with van der Waals surface area (Å²) in [7, 11) is 0. The van der Waals surface area contributed by atoms with Gasteiger partial charge in [-0.1, -0.05) is 30.3 Å². The molecule has 1 aliphatic rings. The number of benzene rings is 2. The van der Waals surface area contributed by atoms with E-state index in [1.54, 1.807) is 18.2 Å². The summed E-state index contributed by atoms with van der Waals surface area (Å²) in [6.45, 7) is -0.583. The summed E-state index contributed by atoms with van der Waals surface area (Å²) in [5.74, 6) is -0.762. The molecule has 1 aliphatic heterocycles. The van der Waals surface area contributed by atoms with E-state index in [1.807, 2.05) is 24.3 Å². The number of carbonyl (C=O) groups is 1. The Labute approximate surface area is 137 Å². The summed E-state index contributed by atoms with van der Waals surface area (Å²) in [4.78, 5) is 12.3. The lowest BCUT2D eigenvalue weighted by Gasteiger charge is -2.39. The minimum Gasteiger partial charge on any atom is -0.450 e. The Balaban J connectivity index is 1.77. The quantitative estimate of drug-likeness (QED) is 0.574. The zero-order valence-corrected chi connectivity index (χ0v) is 12.6. The van der Waals surface area contributed by atoms with E-state index in [0.29, 0.717) is 0 Å². The van der Waals surface area contributed by atoms with Gasteiger partial charge in [-0.2, -0.15) is 0 Å². The average Bonchev–Trinajstić information content (AvgIpc) is 2.61. The molecule has 2 aromatic carbocycles. The second kappa shape index (κ2) is 6.84. The number of aliphatic hydroxyl groups excluding tert-OH is 4. The molecule has 0 radical (unpaired) electrons. The largest absolute Gasteiger partial charge is 0.450 e. The highest BCUT2D eigenvalue weighted by Crippen LogP contribution is 2.24. The SMILES string of the molecule is O=C(O[C@@H]1[C@@H](O)[C@H](O)[C@@H](CO)O[C@@H]1O)c1ccc2ccccc2c1. The highest BCUT2D eigenvalue weighted by atomic mass is 16.7. The van der Waals surface area contributed by atoms with Crippen LogP contribution in [0.1, 0.15) is 10.4 Å². The van der Waals surface area contributed by atoms with Gasteiger partial charge in [-0.05, 0) is 22.9 Å². The summed E-state index contributed by atoms with van der Waals surface area (Å²) >= 11 is 0. The van der Waals surface area contributed by atoms with Gasteiger partial charge in [-0.3, -0.25) is 0 Å². The predicted octanol–water partition coefficient (Wildman–Crippen LogP) is -0.204. The van der Waals surface area contributed by atoms with Gasteiger partial charge < -0.3 is 29.9 Å². The second-order valence-electron chi connectivity index (χ2n) is 5.66. The Morgan fingerprint density at radius 1 is 1.04 bits per heavy atom. The summed E-state index contributed by atoms with van der Waals surface area (Å²) in [6, 6.07) is 12.4. The number of esters is 1. The van der Waals surface area contributed by atoms with Gasteiger partial charge in [0.2, 0.25) is 0 Å². The molecule has 0 unspecified atom stereocenters. The van der Waals surface area contributed by atoms with E-state index in [0.717, 1.165) is 10.8 Å². The molecule has 5 atom stereocenters. The highest BCUT2D eigenvalue weighted by Gasteiger charge is 2.45. The van der Waals surface area contributed by atoms with Crippen LogP contribution in [0.5, 0.6) is 0 Å². The zero-order chi connectivity index (χ0) is 17.3. The van der Waals surface area contributed by atoms with Crippen LogP contribution in [0.4, 0.5) is 0 Å². The lowest BCUT2D eigenvalue weighted by atomic mass is 9.99. The average molecular weight is 334 g/mol. The lowest BCUT2D eigenvalue weighted by Crippen LogP contribution is -2.59. The van der Waals surface area contributed by atoms with Crippen LogP contribution in [0.15, 0.2) is 42.5 Å². The van der Waals surface area contributed by atoms with Crippen LogP contribution < -0.4 is 0 Å². The molecule has 0 bridgehead atoms. The van der Waals surface area contributed by atoms with Crippen molar-refractivity contribution in [1.29, 1.82) is 0 Å². The maximum Gasteiger partial charge on any atom is 0.338 e. The second-order valence-corrected chi connectivity index (χ2v) is 5.66. The van der Waals surface area contributed by atoms with E-state index in [-0.39, 0.29) is 5.56 Å². The first-order chi connectivity index (χ1) is 11.5. The third-order valence-corrected chi connectivity index (χ3v) is 4.07. The predicted molar refractivity (Wildman–Crippen MR) is 83.1 cm³/mol. The van der Waals surface area contributed by atoms with Crippen molar-refractivity contribution in [3.05, 3.63) is 48.0 Å². The molecule has 1 fully saturated rings. The number of rotatable bonds is 3. The third-order valence-electron chi connectivity index (χ3n) is 4.07. The normalized spacial score (nSPS) is 30.2. The van der Waals surface area contributed by atoms with E-state index in [9.17, 15) is 20.1 Å². The summed E-state index contributed by atoms with van der Waals surface area (Å²) in [5, 5.41) is 40.5. The summed E-state index contributed by atoms with van der Waals surface area (Å²) in [5.41, 5.74) is 0.242. The molecule has 128 valence electrons. The van der Waals surface area contributed by atoms with Crippen LogP contribution in [-0.4, -0.2) is 63.7 Å². The Morgan fingerprint density at radius 3 is 2.46 bits per heavy atom. The minimum atomic E-state index is -1.65. The molecule has 0 amide bonds. The topological polar surface area (TPSA) is 116 Å². The highest BCUT2D eigenvalue weighted by molar-refractivity contribution is 5.95. The van der Waals surface area contributed by atoms with Crippen molar-refractivity contribution in [2.24, 2.45) is 0 Å². The van der Waals surface area contributed by atoms with Gasteiger partial charge >= 0.3 is 5.97 Å². The molecular formula is C17H18O7. The van der Waals surface area contributed by atoms with Crippen LogP contribution in [0.3, 0.4) is 0 Å². The van der Waals surface area contributed by atoms with Crippen LogP contribution in [-0.2, 0) is 9.47 Å². The number of hydrogen-bond acceptors (Lipinski definition) is 7. The van der Waals surface area contributed by atoms with E-state index < -0.39 is 43.3 Å². The first-order valence-corrected chi connectivity index (χ1v) is 7.51. The van der Waals surface area contributed by atoms with Gasteiger partial charge in [-0.25, -0.2) is 4.79 Å². The first kappa shape index (κ1) is 16.8. The number of aliphatic hydroxyl groups is 4. The minimum absolute atomic E-state index is 0.242. The summed E-state index contributed by atoms with van der Waals surface area (Å²) in [6.07, 6.45) is -7.31. The summed E-state index contributed by atoms with van der Waals surface area (Å²) < 4.78 is 10.1. The van der Waals surface area contributed by atoms with Gasteiger partial charge in [-0.15, -0.1) is 0 Å². The Hall–Kier alpha value is -2.03. The van der Waals surface area contributed by atoms with Gasteiger partial charge in [0, 0.05) is 0 Å². The van der Waals surface area contributed by atoms with Crippen molar-refractivity contribution in [3.63, 3.8) is 0 Å². The van der Waals surface area contributed by atoms with Crippen molar-refractivity contribution >= 4 is 16.7 Å². The van der Waals surface area contributed by atoms with E-state index in [2.05, 4.69) is 0 Å². The standard InChI is InChI=1S/C17H18O7/c18-8-12-13(19)14(20)15(17(22)23-12)24-16(21)11-6-5-9-3-1-2-4-10(9)7-11/h1-7,12-15,17-20,22H,8H2/t12-,13-,14+,15-,17+/m1/s1. The van der Waals surface area contributed by atoms with Crippen molar-refractivity contribution in [2.45, 2.75) is 30.7 Å². The maximum absolute atomic E-state index is 12.3. The molecule has 0 spiro atoms. The van der Waals surface area contributed by atoms with Crippen molar-refractivity contribution < 1.29 is 34.7 Å². The van der Waals surface area contributed by atoms with Crippen LogP contribution >= 0.6 is 0 Å². The van der Waals surface area contributed by atoms with Crippen molar-refractivity contribution in [2.75, 3.05) is 6.61 Å². The van der Waals surface area contributed by atoms with Crippen molar-refractivity contribution in [3.8, 4) is 0 Å². The molecule has 4 N–H and O–H groups in total. The molecule has 1 heterocycles. The molecule has 24 heavy (non-hydrogen) atoms. The molecular weight excluding hydrogens is 316 g/mol. The molecule has 0 aromatic heterocycles. The van der Waals surface area contributed by atoms with E-state index in [4.69, 9.17) is 14.6 Å². The van der Waals surface area contributed by atoms with Gasteiger partial charge in [0.25, 0.3) is 0 Å². The fourth-order valence-electron chi connectivity index (χ4n) is 2.71. The third kappa shape index (κ3) is 3.12.